The van der Waals surface area contributed by atoms with E-state index in [1.54, 1.807) is 12.1 Å². The van der Waals surface area contributed by atoms with Crippen molar-refractivity contribution in [2.24, 2.45) is 0 Å². The van der Waals surface area contributed by atoms with Gasteiger partial charge in [-0.25, -0.2) is 19.9 Å². The van der Waals surface area contributed by atoms with Crippen LogP contribution in [0.3, 0.4) is 0 Å². The third kappa shape index (κ3) is 13.4. The Labute approximate surface area is 725 Å². The molecule has 572 valence electrons. The van der Waals surface area contributed by atoms with Crippen LogP contribution >= 0.6 is 0 Å². The van der Waals surface area contributed by atoms with E-state index < -0.39 is 5.41 Å². The van der Waals surface area contributed by atoms with E-state index in [9.17, 15) is 5.11 Å². The van der Waals surface area contributed by atoms with E-state index in [1.807, 2.05) is 91.0 Å². The number of imidazole rings is 1. The standard InChI is InChI=1S/C53H34N2.C52H34N4.C10H8O.Li/c1-2-16-44(17-3-1)55-50-21-11-10-20-49(50)54-53(55)38-26-22-37(23-27-38)41-30-31-47-48(34-41)52(43-29-25-36-13-5-7-15-40(36)33-43)46-19-9-8-18-45(46)51(47)42-28-24-35-12-4-6-14-39(35)32-42;1-4-17-35(18-5-1)49-53-50(36-19-6-2-7-20-36)55-51(54-49)39-22-16-21-37(33-39)38-31-32-42-41-25-10-11-26-43(41)52(46(42)34-38)44-27-12-14-29-47(44)56(40-23-8-3-9-24-40)48-30-15-13-28-45(48)52;11-10-7-3-5-8-4-1-2-6-9(8)10;/h1-34H;1-34H;1-7,11H;/q;;;+1/p-1. The molecule has 0 unspecified atom stereocenters. The van der Waals surface area contributed by atoms with Crippen molar-refractivity contribution in [3.05, 3.63) is 477 Å². The molecule has 1 aliphatic heterocycles. The number of hydrogen-bond donors (Lipinski definition) is 0. The Bertz CT molecular complexity index is 7680. The predicted octanol–water partition coefficient (Wildman–Crippen LogP) is 25.9. The number of nitrogens with zero attached hydrogens (tertiary/aromatic N) is 6. The maximum atomic E-state index is 11.2. The Morgan fingerprint density at radius 2 is 0.642 bits per heavy atom. The van der Waals surface area contributed by atoms with Crippen LogP contribution < -0.4 is 28.9 Å². The Morgan fingerprint density at radius 3 is 1.27 bits per heavy atom. The summed E-state index contributed by atoms with van der Waals surface area (Å²) in [6.45, 7) is 0. The first-order chi connectivity index (χ1) is 60.4. The van der Waals surface area contributed by atoms with Crippen LogP contribution in [0.4, 0.5) is 17.1 Å². The number of para-hydroxylation sites is 6. The summed E-state index contributed by atoms with van der Waals surface area (Å²) >= 11 is 0. The molecule has 123 heavy (non-hydrogen) atoms. The molecule has 0 N–H and O–H groups in total. The molecule has 22 aromatic rings. The van der Waals surface area contributed by atoms with Gasteiger partial charge in [0.1, 0.15) is 5.82 Å². The van der Waals surface area contributed by atoms with Crippen LogP contribution in [0.25, 0.3) is 172 Å². The zero-order valence-corrected chi connectivity index (χ0v) is 67.4. The fourth-order valence-electron chi connectivity index (χ4n) is 18.7. The summed E-state index contributed by atoms with van der Waals surface area (Å²) in [6.07, 6.45) is 0. The number of anilines is 3. The summed E-state index contributed by atoms with van der Waals surface area (Å²) in [5.41, 5.74) is 27.3. The van der Waals surface area contributed by atoms with Crippen molar-refractivity contribution < 1.29 is 24.0 Å². The fraction of sp³-hybridized carbons (Fsp3) is 0.00870. The molecule has 2 aromatic heterocycles. The molecule has 7 nitrogen and oxygen atoms in total. The van der Waals surface area contributed by atoms with Crippen molar-refractivity contribution in [2.45, 2.75) is 5.41 Å². The topological polar surface area (TPSA) is 82.8 Å². The minimum absolute atomic E-state index is 0. The Kier molecular flexibility index (Phi) is 19.4. The minimum atomic E-state index is -0.526. The van der Waals surface area contributed by atoms with Crippen molar-refractivity contribution in [3.63, 3.8) is 0 Å². The van der Waals surface area contributed by atoms with Crippen LogP contribution in [0.5, 0.6) is 5.75 Å². The molecule has 0 saturated heterocycles. The minimum Gasteiger partial charge on any atom is -0.872 e. The van der Waals surface area contributed by atoms with Crippen LogP contribution in [0.15, 0.2) is 455 Å². The molecule has 8 heteroatoms. The van der Waals surface area contributed by atoms with Gasteiger partial charge in [0, 0.05) is 33.6 Å². The van der Waals surface area contributed by atoms with Crippen LogP contribution in [-0.2, 0) is 5.41 Å². The van der Waals surface area contributed by atoms with Gasteiger partial charge in [-0.3, -0.25) is 4.57 Å². The first kappa shape index (κ1) is 74.9. The number of benzene rings is 20. The summed E-state index contributed by atoms with van der Waals surface area (Å²) in [6, 6.07) is 161. The van der Waals surface area contributed by atoms with Gasteiger partial charge in [0.25, 0.3) is 0 Å². The second-order valence-electron chi connectivity index (χ2n) is 31.2. The maximum Gasteiger partial charge on any atom is 1.00 e. The summed E-state index contributed by atoms with van der Waals surface area (Å²) in [5.74, 6) is 2.97. The molecule has 2 aliphatic rings. The Hall–Kier alpha value is -15.6. The van der Waals surface area contributed by atoms with Crippen LogP contribution in [0.2, 0.25) is 0 Å². The molecule has 0 saturated carbocycles. The summed E-state index contributed by atoms with van der Waals surface area (Å²) < 4.78 is 2.26. The molecule has 1 aliphatic carbocycles. The average Bonchev–Trinajstić information content (AvgIpc) is 1.52. The first-order valence-corrected chi connectivity index (χ1v) is 41.4. The van der Waals surface area contributed by atoms with Crippen molar-refractivity contribution in [3.8, 4) is 113 Å². The monoisotopic (exact) mass is 1560 g/mol. The van der Waals surface area contributed by atoms with Gasteiger partial charge in [-0.2, -0.15) is 0 Å². The van der Waals surface area contributed by atoms with Crippen LogP contribution in [0, 0.1) is 0 Å². The van der Waals surface area contributed by atoms with Gasteiger partial charge < -0.3 is 10.0 Å². The maximum absolute atomic E-state index is 11.2. The van der Waals surface area contributed by atoms with Gasteiger partial charge in [-0.15, -0.1) is 5.75 Å². The Balaban J connectivity index is 0.000000133. The molecular formula is C115H75LiN6O. The second kappa shape index (κ2) is 31.9. The summed E-state index contributed by atoms with van der Waals surface area (Å²) in [5, 5.41) is 23.0. The Morgan fingerprint density at radius 1 is 0.228 bits per heavy atom. The van der Waals surface area contributed by atoms with E-state index in [4.69, 9.17) is 19.9 Å². The van der Waals surface area contributed by atoms with Crippen LogP contribution in [-0.4, -0.2) is 24.5 Å². The molecule has 0 bridgehead atoms. The number of fused-ring (bicyclic) bond motifs is 15. The zero-order valence-electron chi connectivity index (χ0n) is 67.4. The summed E-state index contributed by atoms with van der Waals surface area (Å²) in [4.78, 5) is 22.5. The molecule has 0 amide bonds. The van der Waals surface area contributed by atoms with Gasteiger partial charge in [-0.1, -0.05) is 376 Å². The SMILES string of the molecule is [Li+].[O-]c1cccc2ccccc12.c1ccc(-c2nc(-c3ccccc3)nc(-c3cccc(-c4ccc5c(c4)C4(c6ccccc6-5)c5ccccc5N(c5ccccc5)c5ccccc54)c3)n2)cc1.c1ccc(-n2c(-c3ccc(-c4ccc5c(-c6ccc7ccccc7c6)c6ccccc6c(-c6ccc7ccccc7c6)c5c4)cc3)nc3ccccc32)cc1. The van der Waals surface area contributed by atoms with E-state index in [-0.39, 0.29) is 24.6 Å². The first-order valence-electron chi connectivity index (χ1n) is 41.4. The fourth-order valence-corrected chi connectivity index (χ4v) is 18.7. The third-order valence-corrected chi connectivity index (χ3v) is 24.2. The van der Waals surface area contributed by atoms with Gasteiger partial charge >= 0.3 is 18.9 Å². The van der Waals surface area contributed by atoms with Gasteiger partial charge in [0.15, 0.2) is 17.5 Å². The van der Waals surface area contributed by atoms with Gasteiger partial charge in [-0.05, 0) is 211 Å². The smallest absolute Gasteiger partial charge is 0.872 e. The third-order valence-electron chi connectivity index (χ3n) is 24.2. The molecule has 3 heterocycles. The number of rotatable bonds is 10. The molecule has 24 rings (SSSR count). The average molecular weight is 1560 g/mol. The molecule has 20 aromatic carbocycles. The largest absolute Gasteiger partial charge is 1.00 e. The quantitative estimate of drug-likeness (QED) is 0.100. The predicted molar refractivity (Wildman–Crippen MR) is 503 cm³/mol. The van der Waals surface area contributed by atoms with Crippen LogP contribution in [0.1, 0.15) is 22.3 Å². The molecule has 0 fully saturated rings. The number of hydrogen-bond acceptors (Lipinski definition) is 6. The zero-order chi connectivity index (χ0) is 81.0. The van der Waals surface area contributed by atoms with Crippen molar-refractivity contribution >= 4 is 82.0 Å². The van der Waals surface area contributed by atoms with Gasteiger partial charge in [0.05, 0.1) is 27.8 Å². The van der Waals surface area contributed by atoms with Crippen molar-refractivity contribution in [2.75, 3.05) is 4.90 Å². The summed E-state index contributed by atoms with van der Waals surface area (Å²) in [7, 11) is 0. The second-order valence-corrected chi connectivity index (χ2v) is 31.2. The molecule has 1 spiro atoms. The van der Waals surface area contributed by atoms with E-state index in [1.165, 1.54) is 116 Å². The van der Waals surface area contributed by atoms with Gasteiger partial charge in [0.2, 0.25) is 0 Å². The molecule has 0 atom stereocenters. The van der Waals surface area contributed by atoms with Crippen molar-refractivity contribution in [1.82, 2.24) is 24.5 Å². The van der Waals surface area contributed by atoms with E-state index in [0.29, 0.717) is 17.5 Å². The number of aromatic nitrogens is 5. The van der Waals surface area contributed by atoms with E-state index in [0.717, 1.165) is 77.9 Å². The molecular weight excluding hydrogens is 1490 g/mol. The van der Waals surface area contributed by atoms with E-state index >= 15 is 0 Å². The van der Waals surface area contributed by atoms with Crippen molar-refractivity contribution in [1.29, 1.82) is 0 Å². The normalized spacial score (nSPS) is 12.1. The van der Waals surface area contributed by atoms with E-state index in [2.05, 4.69) is 361 Å². The molecule has 0 radical (unpaired) electrons.